The highest BCUT2D eigenvalue weighted by atomic mass is 32.2. The Hall–Kier alpha value is -1.91. The van der Waals surface area contributed by atoms with E-state index in [1.165, 1.54) is 12.1 Å². The molecule has 7 heteroatoms. The van der Waals surface area contributed by atoms with Gasteiger partial charge >= 0.3 is 5.97 Å². The van der Waals surface area contributed by atoms with Gasteiger partial charge in [0.1, 0.15) is 0 Å². The molecule has 0 aliphatic heterocycles. The minimum absolute atomic E-state index is 0.0870. The first kappa shape index (κ1) is 16.5. The summed E-state index contributed by atoms with van der Waals surface area (Å²) in [4.78, 5) is 10.7. The lowest BCUT2D eigenvalue weighted by Gasteiger charge is -2.20. The number of rotatable bonds is 6. The van der Waals surface area contributed by atoms with E-state index in [-0.39, 0.29) is 17.9 Å². The summed E-state index contributed by atoms with van der Waals surface area (Å²) >= 11 is 0. The van der Waals surface area contributed by atoms with E-state index < -0.39 is 21.4 Å². The highest BCUT2D eigenvalue weighted by molar-refractivity contribution is 7.89. The first-order valence-electron chi connectivity index (χ1n) is 7.07. The first-order chi connectivity index (χ1) is 10.4. The van der Waals surface area contributed by atoms with Crippen molar-refractivity contribution in [3.05, 3.63) is 35.4 Å². The van der Waals surface area contributed by atoms with Gasteiger partial charge in [0, 0.05) is 6.54 Å². The zero-order valence-electron chi connectivity index (χ0n) is 12.1. The average molecular weight is 322 g/mol. The van der Waals surface area contributed by atoms with Crippen molar-refractivity contribution >= 4 is 16.0 Å². The maximum atomic E-state index is 12.1. The number of aromatic carboxylic acids is 1. The monoisotopic (exact) mass is 322 g/mol. The Labute approximate surface area is 129 Å². The van der Waals surface area contributed by atoms with Gasteiger partial charge in [-0.1, -0.05) is 25.0 Å². The highest BCUT2D eigenvalue weighted by Crippen LogP contribution is 2.38. The Balaban J connectivity index is 1.98. The lowest BCUT2D eigenvalue weighted by molar-refractivity contribution is 0.0697. The van der Waals surface area contributed by atoms with E-state index in [1.54, 1.807) is 12.1 Å². The SMILES string of the molecule is N#CC1(CS(=O)(=O)NCc2ccc(C(=O)O)cc2)CCCC1. The van der Waals surface area contributed by atoms with E-state index >= 15 is 0 Å². The third-order valence-corrected chi connectivity index (χ3v) is 5.48. The molecule has 1 fully saturated rings. The Morgan fingerprint density at radius 2 is 1.86 bits per heavy atom. The molecule has 2 rings (SSSR count). The lowest BCUT2D eigenvalue weighted by atomic mass is 9.91. The molecule has 0 atom stereocenters. The number of carboxylic acid groups (broad SMARTS) is 1. The van der Waals surface area contributed by atoms with Gasteiger partial charge in [-0.05, 0) is 30.5 Å². The molecule has 0 heterocycles. The zero-order chi connectivity index (χ0) is 16.2. The minimum atomic E-state index is -3.55. The quantitative estimate of drug-likeness (QED) is 0.831. The van der Waals surface area contributed by atoms with E-state index in [4.69, 9.17) is 5.11 Å². The van der Waals surface area contributed by atoms with Crippen LogP contribution in [0.5, 0.6) is 0 Å². The van der Waals surface area contributed by atoms with Crippen molar-refractivity contribution < 1.29 is 18.3 Å². The average Bonchev–Trinajstić information content (AvgIpc) is 2.94. The normalized spacial score (nSPS) is 17.0. The summed E-state index contributed by atoms with van der Waals surface area (Å²) in [5.74, 6) is -1.20. The molecule has 1 aliphatic rings. The Morgan fingerprint density at radius 1 is 1.27 bits per heavy atom. The van der Waals surface area contributed by atoms with Gasteiger partial charge in [0.2, 0.25) is 10.0 Å². The topological polar surface area (TPSA) is 107 Å². The molecule has 0 aromatic heterocycles. The van der Waals surface area contributed by atoms with E-state index in [9.17, 15) is 18.5 Å². The molecule has 0 saturated heterocycles. The number of hydrogen-bond donors (Lipinski definition) is 2. The van der Waals surface area contributed by atoms with E-state index in [0.29, 0.717) is 18.4 Å². The fourth-order valence-corrected chi connectivity index (χ4v) is 4.28. The maximum absolute atomic E-state index is 12.1. The second-order valence-electron chi connectivity index (χ2n) is 5.68. The smallest absolute Gasteiger partial charge is 0.335 e. The van der Waals surface area contributed by atoms with Crippen LogP contribution in [0.2, 0.25) is 0 Å². The Kier molecular flexibility index (Phi) is 4.84. The Bertz CT molecular complexity index is 683. The molecule has 0 unspecified atom stereocenters. The molecular formula is C15H18N2O4S. The number of nitrogens with one attached hydrogen (secondary N) is 1. The van der Waals surface area contributed by atoms with Crippen LogP contribution in [0.15, 0.2) is 24.3 Å². The van der Waals surface area contributed by atoms with Crippen LogP contribution in [0.3, 0.4) is 0 Å². The summed E-state index contributed by atoms with van der Waals surface area (Å²) in [7, 11) is -3.55. The van der Waals surface area contributed by atoms with Gasteiger partial charge in [-0.3, -0.25) is 0 Å². The number of carboxylic acids is 1. The number of sulfonamides is 1. The predicted octanol–water partition coefficient (Wildman–Crippen LogP) is 1.89. The van der Waals surface area contributed by atoms with Crippen molar-refractivity contribution in [2.24, 2.45) is 5.41 Å². The standard InChI is InChI=1S/C15H18N2O4S/c16-10-15(7-1-2-8-15)11-22(20,21)17-9-12-3-5-13(6-4-12)14(18)19/h3-6,17H,1-2,7-9,11H2,(H,18,19). The third-order valence-electron chi connectivity index (χ3n) is 3.96. The summed E-state index contributed by atoms with van der Waals surface area (Å²) in [6.07, 6.45) is 3.02. The fraction of sp³-hybridized carbons (Fsp3) is 0.467. The lowest BCUT2D eigenvalue weighted by Crippen LogP contribution is -2.34. The van der Waals surface area contributed by atoms with Gasteiger partial charge in [0.15, 0.2) is 0 Å². The first-order valence-corrected chi connectivity index (χ1v) is 8.72. The molecule has 6 nitrogen and oxygen atoms in total. The summed E-state index contributed by atoms with van der Waals surface area (Å²) in [6, 6.07) is 8.17. The van der Waals surface area contributed by atoms with Crippen LogP contribution in [0.25, 0.3) is 0 Å². The van der Waals surface area contributed by atoms with Crippen LogP contribution in [0, 0.1) is 16.7 Å². The molecule has 0 amide bonds. The number of hydrogen-bond acceptors (Lipinski definition) is 4. The third kappa shape index (κ3) is 4.06. The molecule has 1 saturated carbocycles. The van der Waals surface area contributed by atoms with Crippen molar-refractivity contribution in [1.82, 2.24) is 4.72 Å². The molecular weight excluding hydrogens is 304 g/mol. The van der Waals surface area contributed by atoms with Crippen molar-refractivity contribution in [3.63, 3.8) is 0 Å². The maximum Gasteiger partial charge on any atom is 0.335 e. The van der Waals surface area contributed by atoms with Crippen LogP contribution < -0.4 is 4.72 Å². The van der Waals surface area contributed by atoms with Gasteiger partial charge in [-0.25, -0.2) is 17.9 Å². The molecule has 1 aromatic carbocycles. The molecule has 22 heavy (non-hydrogen) atoms. The van der Waals surface area contributed by atoms with Crippen LogP contribution in [0.1, 0.15) is 41.6 Å². The van der Waals surface area contributed by atoms with E-state index in [1.807, 2.05) is 0 Å². The van der Waals surface area contributed by atoms with Crippen LogP contribution in [-0.2, 0) is 16.6 Å². The molecule has 2 N–H and O–H groups in total. The zero-order valence-corrected chi connectivity index (χ0v) is 12.9. The number of benzene rings is 1. The predicted molar refractivity (Wildman–Crippen MR) is 80.5 cm³/mol. The van der Waals surface area contributed by atoms with Gasteiger partial charge in [0.05, 0.1) is 22.8 Å². The molecule has 118 valence electrons. The number of nitriles is 1. The minimum Gasteiger partial charge on any atom is -0.478 e. The summed E-state index contributed by atoms with van der Waals surface area (Å²) in [6.45, 7) is 0.0870. The molecule has 0 bridgehead atoms. The van der Waals surface area contributed by atoms with Crippen molar-refractivity contribution in [2.75, 3.05) is 5.75 Å². The second kappa shape index (κ2) is 6.46. The Morgan fingerprint density at radius 3 is 2.36 bits per heavy atom. The second-order valence-corrected chi connectivity index (χ2v) is 7.49. The van der Waals surface area contributed by atoms with Crippen LogP contribution in [0.4, 0.5) is 0 Å². The van der Waals surface area contributed by atoms with Gasteiger partial charge in [0.25, 0.3) is 0 Å². The molecule has 1 aliphatic carbocycles. The summed E-state index contributed by atoms with van der Waals surface area (Å²) in [5, 5.41) is 18.1. The van der Waals surface area contributed by atoms with E-state index in [0.717, 1.165) is 12.8 Å². The van der Waals surface area contributed by atoms with Gasteiger partial charge in [-0.2, -0.15) is 5.26 Å². The largest absolute Gasteiger partial charge is 0.478 e. The molecule has 1 aromatic rings. The summed E-state index contributed by atoms with van der Waals surface area (Å²) < 4.78 is 26.8. The molecule has 0 radical (unpaired) electrons. The number of carbonyl (C=O) groups is 1. The van der Waals surface area contributed by atoms with Crippen LogP contribution >= 0.6 is 0 Å². The number of nitrogens with zero attached hydrogens (tertiary/aromatic N) is 1. The van der Waals surface area contributed by atoms with Gasteiger partial charge < -0.3 is 5.11 Å². The summed E-state index contributed by atoms with van der Waals surface area (Å²) in [5.41, 5.74) is 0.0610. The van der Waals surface area contributed by atoms with Crippen molar-refractivity contribution in [2.45, 2.75) is 32.2 Å². The van der Waals surface area contributed by atoms with Gasteiger partial charge in [-0.15, -0.1) is 0 Å². The fourth-order valence-electron chi connectivity index (χ4n) is 2.71. The molecule has 0 spiro atoms. The van der Waals surface area contributed by atoms with Crippen LogP contribution in [-0.4, -0.2) is 25.2 Å². The van der Waals surface area contributed by atoms with Crippen molar-refractivity contribution in [1.29, 1.82) is 5.26 Å². The van der Waals surface area contributed by atoms with Crippen molar-refractivity contribution in [3.8, 4) is 6.07 Å². The van der Waals surface area contributed by atoms with E-state index in [2.05, 4.69) is 10.8 Å². The highest BCUT2D eigenvalue weighted by Gasteiger charge is 2.38.